The van der Waals surface area contributed by atoms with Crippen LogP contribution in [0.1, 0.15) is 37.0 Å². The summed E-state index contributed by atoms with van der Waals surface area (Å²) in [5, 5.41) is 5.92. The molecule has 3 aromatic rings. The van der Waals surface area contributed by atoms with Crippen LogP contribution in [0.15, 0.2) is 112 Å². The fraction of sp³-hybridized carbons (Fsp3) is 0.200. The van der Waals surface area contributed by atoms with Gasteiger partial charge in [0.15, 0.2) is 0 Å². The Morgan fingerprint density at radius 2 is 1.55 bits per heavy atom. The normalized spacial score (nSPS) is 22.8. The Labute approximate surface area is 248 Å². The Morgan fingerprint density at radius 1 is 0.800 bits per heavy atom. The zero-order valence-corrected chi connectivity index (χ0v) is 25.0. The average molecular weight is 635 g/mol. The molecule has 8 bridgehead atoms. The molecule has 1 saturated heterocycles. The second-order valence-corrected chi connectivity index (χ2v) is 13.0. The highest BCUT2D eigenvalue weighted by molar-refractivity contribution is 14.1. The Morgan fingerprint density at radius 3 is 2.35 bits per heavy atom. The monoisotopic (exact) mass is 634 g/mol. The van der Waals surface area contributed by atoms with E-state index in [-0.39, 0.29) is 17.5 Å². The van der Waals surface area contributed by atoms with Crippen LogP contribution in [0.3, 0.4) is 0 Å². The quantitative estimate of drug-likeness (QED) is 0.335. The van der Waals surface area contributed by atoms with E-state index in [0.29, 0.717) is 0 Å². The van der Waals surface area contributed by atoms with Gasteiger partial charge in [-0.1, -0.05) is 55.8 Å². The molecular weight excluding hydrogens is 603 g/mol. The van der Waals surface area contributed by atoms with E-state index in [2.05, 4.69) is 151 Å². The molecule has 1 aromatic heterocycles. The molecule has 2 unspecified atom stereocenters. The molecule has 0 saturated carbocycles. The average Bonchev–Trinajstić information content (AvgIpc) is 3.70. The summed E-state index contributed by atoms with van der Waals surface area (Å²) in [6.45, 7) is 6.80. The van der Waals surface area contributed by atoms with E-state index < -0.39 is 0 Å². The first-order chi connectivity index (χ1) is 19.3. The molecule has 0 amide bonds. The van der Waals surface area contributed by atoms with Crippen molar-refractivity contribution in [1.29, 1.82) is 0 Å². The van der Waals surface area contributed by atoms with E-state index in [9.17, 15) is 0 Å². The lowest BCUT2D eigenvalue weighted by atomic mass is 9.83. The third kappa shape index (κ3) is 4.82. The predicted molar refractivity (Wildman–Crippen MR) is 175 cm³/mol. The first-order valence-electron chi connectivity index (χ1n) is 13.8. The van der Waals surface area contributed by atoms with Crippen LogP contribution in [-0.2, 0) is 0 Å². The minimum absolute atomic E-state index is 0.0895. The maximum absolute atomic E-state index is 5.13. The number of hydrogen-bond donors (Lipinski definition) is 2. The second kappa shape index (κ2) is 9.82. The van der Waals surface area contributed by atoms with Crippen molar-refractivity contribution in [2.24, 2.45) is 15.4 Å². The highest BCUT2D eigenvalue weighted by atomic mass is 127. The Balaban J connectivity index is 1.45. The highest BCUT2D eigenvalue weighted by Crippen LogP contribution is 2.37. The third-order valence-corrected chi connectivity index (χ3v) is 8.91. The van der Waals surface area contributed by atoms with Crippen molar-refractivity contribution in [3.05, 3.63) is 133 Å². The zero-order valence-electron chi connectivity index (χ0n) is 22.9. The molecule has 0 spiro atoms. The molecule has 5 heterocycles. The van der Waals surface area contributed by atoms with Gasteiger partial charge >= 0.3 is 0 Å². The largest absolute Gasteiger partial charge is 0.355 e. The van der Waals surface area contributed by atoms with Gasteiger partial charge in [0.2, 0.25) is 0 Å². The molecule has 40 heavy (non-hydrogen) atoms. The maximum Gasteiger partial charge on any atom is 0.0736 e. The van der Waals surface area contributed by atoms with E-state index in [1.54, 1.807) is 0 Å². The molecule has 198 valence electrons. The molecule has 7 rings (SSSR count). The lowest BCUT2D eigenvalue weighted by Crippen LogP contribution is -2.32. The molecular formula is C35H31IN4. The number of hydrogen-bond acceptors (Lipinski definition) is 3. The molecule has 0 aliphatic carbocycles. The number of nitrogens with one attached hydrogen (secondary N) is 2. The number of benzene rings is 2. The summed E-state index contributed by atoms with van der Waals surface area (Å²) in [7, 11) is 0. The lowest BCUT2D eigenvalue weighted by Gasteiger charge is -2.23. The molecule has 4 aliphatic rings. The van der Waals surface area contributed by atoms with Gasteiger partial charge in [0.25, 0.3) is 0 Å². The van der Waals surface area contributed by atoms with Crippen LogP contribution in [0, 0.1) is 15.9 Å². The van der Waals surface area contributed by atoms with E-state index >= 15 is 0 Å². The number of H-pyrrole nitrogens is 1. The van der Waals surface area contributed by atoms with Crippen LogP contribution in [0.4, 0.5) is 0 Å². The summed E-state index contributed by atoms with van der Waals surface area (Å²) < 4.78 is 1.22. The number of aryl methyl sites for hydroxylation is 1. The smallest absolute Gasteiger partial charge is 0.0736 e. The summed E-state index contributed by atoms with van der Waals surface area (Å²) in [5.74, 6) is 0. The van der Waals surface area contributed by atoms with Crippen molar-refractivity contribution in [2.75, 3.05) is 0 Å². The van der Waals surface area contributed by atoms with Crippen molar-refractivity contribution in [2.45, 2.75) is 39.3 Å². The van der Waals surface area contributed by atoms with Gasteiger partial charge in [0.1, 0.15) is 0 Å². The predicted octanol–water partition coefficient (Wildman–Crippen LogP) is 5.99. The van der Waals surface area contributed by atoms with Gasteiger partial charge in [0.05, 0.1) is 22.8 Å². The maximum atomic E-state index is 5.13. The van der Waals surface area contributed by atoms with Crippen molar-refractivity contribution in [3.8, 4) is 0 Å². The van der Waals surface area contributed by atoms with Crippen LogP contribution in [-0.4, -0.2) is 28.5 Å². The van der Waals surface area contributed by atoms with Gasteiger partial charge < -0.3 is 10.3 Å². The van der Waals surface area contributed by atoms with E-state index in [1.807, 2.05) is 0 Å². The summed E-state index contributed by atoms with van der Waals surface area (Å²) in [4.78, 5) is 13.9. The molecule has 2 aromatic carbocycles. The minimum atomic E-state index is 0.0895. The van der Waals surface area contributed by atoms with Crippen LogP contribution in [0.5, 0.6) is 0 Å². The minimum Gasteiger partial charge on any atom is -0.355 e. The van der Waals surface area contributed by atoms with Crippen molar-refractivity contribution in [1.82, 2.24) is 10.3 Å². The first-order valence-corrected chi connectivity index (χ1v) is 14.9. The molecule has 5 heteroatoms. The third-order valence-electron chi connectivity index (χ3n) is 8.19. The highest BCUT2D eigenvalue weighted by Gasteiger charge is 2.38. The van der Waals surface area contributed by atoms with E-state index in [0.717, 1.165) is 56.6 Å². The molecule has 4 aliphatic heterocycles. The number of halogens is 1. The standard InChI is InChI=1S/C35H31IN4/c1-21-4-6-23(7-5-21)34-30-14-12-25(37-30)18-32-29(22-8-10-24(36)11-9-22)17-27(39-32)16-28-20-35(2,3)33(40-28)19-26-13-15-31(34)38-26/h4-19,28,33,37,40H,20H2,1-3H3. The number of nitrogens with zero attached hydrogens (tertiary/aromatic N) is 2. The van der Waals surface area contributed by atoms with Crippen LogP contribution in [0.25, 0.3) is 17.2 Å². The molecule has 0 radical (unpaired) electrons. The van der Waals surface area contributed by atoms with Gasteiger partial charge in [-0.2, -0.15) is 0 Å². The number of fused-ring (bicyclic) bond motifs is 6. The lowest BCUT2D eigenvalue weighted by molar-refractivity contribution is 0.355. The molecule has 2 atom stereocenters. The van der Waals surface area contributed by atoms with Crippen LogP contribution < -0.4 is 16.0 Å². The van der Waals surface area contributed by atoms with Crippen molar-refractivity contribution in [3.63, 3.8) is 0 Å². The Hall–Kier alpha value is -3.55. The fourth-order valence-corrected chi connectivity index (χ4v) is 6.40. The van der Waals surface area contributed by atoms with E-state index in [1.165, 1.54) is 14.7 Å². The Bertz CT molecular complexity index is 1820. The van der Waals surface area contributed by atoms with Gasteiger partial charge in [0, 0.05) is 37.5 Å². The van der Waals surface area contributed by atoms with Gasteiger partial charge in [-0.05, 0) is 113 Å². The summed E-state index contributed by atoms with van der Waals surface area (Å²) >= 11 is 2.36. The molecule has 1 fully saturated rings. The van der Waals surface area contributed by atoms with Gasteiger partial charge in [-0.3, -0.25) is 0 Å². The number of rotatable bonds is 2. The number of aromatic nitrogens is 1. The van der Waals surface area contributed by atoms with Crippen LogP contribution >= 0.6 is 22.6 Å². The number of aromatic amines is 1. The summed E-state index contributed by atoms with van der Waals surface area (Å²) in [6.07, 6.45) is 14.3. The Kier molecular flexibility index (Phi) is 6.24. The second-order valence-electron chi connectivity index (χ2n) is 11.7. The van der Waals surface area contributed by atoms with E-state index in [4.69, 9.17) is 9.98 Å². The van der Waals surface area contributed by atoms with Gasteiger partial charge in [-0.25, -0.2) is 9.98 Å². The first kappa shape index (κ1) is 25.4. The summed E-state index contributed by atoms with van der Waals surface area (Å²) in [6, 6.07) is 22.1. The summed E-state index contributed by atoms with van der Waals surface area (Å²) in [5.41, 5.74) is 9.86. The zero-order chi connectivity index (χ0) is 27.4. The molecule has 2 N–H and O–H groups in total. The number of aliphatic imine (C=N–C) groups is 2. The number of allylic oxidation sites excluding steroid dienone is 4. The SMILES string of the molecule is Cc1ccc(C2=c3ccc([nH]3)=CC3=NC(=CC4CC(C)(C)C(C=C5C=CC2=N5)N4)C=C3c2ccc(I)cc2)cc1. The van der Waals surface area contributed by atoms with Crippen molar-refractivity contribution < 1.29 is 0 Å². The fourth-order valence-electron chi connectivity index (χ4n) is 6.04. The topological polar surface area (TPSA) is 52.5 Å². The van der Waals surface area contributed by atoms with Crippen LogP contribution in [0.2, 0.25) is 0 Å². The molecule has 4 nitrogen and oxygen atoms in total. The van der Waals surface area contributed by atoms with Crippen molar-refractivity contribution >= 4 is 51.2 Å². The van der Waals surface area contributed by atoms with Gasteiger partial charge in [-0.15, -0.1) is 0 Å².